The Morgan fingerprint density at radius 2 is 1.63 bits per heavy atom. The van der Waals surface area contributed by atoms with Crippen molar-refractivity contribution in [2.24, 2.45) is 17.4 Å². The zero-order chi connectivity index (χ0) is 43.6. The number of halogens is 1. The van der Waals surface area contributed by atoms with Crippen LogP contribution >= 0.6 is 0 Å². The second-order valence-corrected chi connectivity index (χ2v) is 16.1. The summed E-state index contributed by atoms with van der Waals surface area (Å²) in [6, 6.07) is 18.0. The lowest BCUT2D eigenvalue weighted by atomic mass is 10.0. The summed E-state index contributed by atoms with van der Waals surface area (Å²) >= 11 is 0. The molecule has 60 heavy (non-hydrogen) atoms. The molecule has 2 atom stereocenters. The van der Waals surface area contributed by atoms with Crippen molar-refractivity contribution < 1.29 is 46.2 Å². The molecule has 6 N–H and O–H groups in total. The first-order valence-electron chi connectivity index (χ1n) is 18.9. The largest absolute Gasteiger partial charge is 0.495 e. The van der Waals surface area contributed by atoms with Gasteiger partial charge in [0.2, 0.25) is 18.6 Å². The zero-order valence-electron chi connectivity index (χ0n) is 33.5. The number of ether oxygens (including phenoxy) is 3. The third-order valence-corrected chi connectivity index (χ3v) is 10.3. The average Bonchev–Trinajstić information content (AvgIpc) is 3.63. The molecule has 5 rings (SSSR count). The fourth-order valence-electron chi connectivity index (χ4n) is 5.93. The molecule has 0 saturated heterocycles. The van der Waals surface area contributed by atoms with Crippen LogP contribution in [0.1, 0.15) is 38.7 Å². The van der Waals surface area contributed by atoms with Gasteiger partial charge in [-0.3, -0.25) is 9.59 Å². The number of unbranched alkanes of at least 4 members (excludes halogenated alkanes) is 1. The van der Waals surface area contributed by atoms with Crippen LogP contribution in [0.2, 0.25) is 0 Å². The number of carbonyl (C=O) groups excluding carboxylic acids is 4. The summed E-state index contributed by atoms with van der Waals surface area (Å²) in [5.74, 6) is -2.73. The fourth-order valence-corrected chi connectivity index (χ4v) is 6.56. The maximum Gasteiger partial charge on any atom is 0.424 e. The zero-order valence-corrected chi connectivity index (χ0v) is 34.3. The minimum Gasteiger partial charge on any atom is -0.495 e. The van der Waals surface area contributed by atoms with Gasteiger partial charge in [-0.2, -0.15) is 4.98 Å². The Kier molecular flexibility index (Phi) is 14.9. The van der Waals surface area contributed by atoms with Crippen LogP contribution in [0.25, 0.3) is 16.8 Å². The molecule has 2 heterocycles. The number of hydrogen-bond acceptors (Lipinski definition) is 13. The third-order valence-electron chi connectivity index (χ3n) is 9.21. The van der Waals surface area contributed by atoms with Gasteiger partial charge >= 0.3 is 12.1 Å². The average molecular weight is 847 g/mol. The van der Waals surface area contributed by atoms with Gasteiger partial charge in [0.1, 0.15) is 17.6 Å². The number of methoxy groups -OCH3 is 1. The molecular weight excluding hydrogens is 800 g/mol. The second-order valence-electron chi connectivity index (χ2n) is 14.1. The highest BCUT2D eigenvalue weighted by Gasteiger charge is 2.31. The number of pyridine rings is 1. The van der Waals surface area contributed by atoms with E-state index in [0.29, 0.717) is 48.3 Å². The molecule has 0 bridgehead atoms. The smallest absolute Gasteiger partial charge is 0.424 e. The summed E-state index contributed by atoms with van der Waals surface area (Å²) in [6.07, 6.45) is 3.34. The molecule has 0 fully saturated rings. The van der Waals surface area contributed by atoms with Crippen molar-refractivity contribution in [1.29, 1.82) is 0 Å². The first-order valence-corrected chi connectivity index (χ1v) is 20.8. The molecule has 3 amide bonds. The highest BCUT2D eigenvalue weighted by atomic mass is 32.2. The monoisotopic (exact) mass is 846 g/mol. The number of amides is 3. The minimum absolute atomic E-state index is 0.00497. The predicted octanol–water partition coefficient (Wildman–Crippen LogP) is 4.50. The predicted molar refractivity (Wildman–Crippen MR) is 220 cm³/mol. The molecular formula is C41H47FN8O9S. The normalized spacial score (nSPS) is 12.4. The molecule has 0 saturated carbocycles. The van der Waals surface area contributed by atoms with Crippen LogP contribution < -0.4 is 31.7 Å². The van der Waals surface area contributed by atoms with Gasteiger partial charge in [-0.1, -0.05) is 44.5 Å². The Morgan fingerprint density at radius 1 is 0.933 bits per heavy atom. The molecule has 0 spiro atoms. The van der Waals surface area contributed by atoms with Crippen molar-refractivity contribution in [3.8, 4) is 16.9 Å². The number of carbonyl (C=O) groups is 4. The van der Waals surface area contributed by atoms with Crippen molar-refractivity contribution in [3.63, 3.8) is 0 Å². The molecule has 0 radical (unpaired) electrons. The van der Waals surface area contributed by atoms with Crippen molar-refractivity contribution in [2.45, 2.75) is 56.5 Å². The summed E-state index contributed by atoms with van der Waals surface area (Å²) in [5.41, 5.74) is 14.5. The molecule has 0 aliphatic rings. The van der Waals surface area contributed by atoms with E-state index in [-0.39, 0.29) is 40.4 Å². The van der Waals surface area contributed by atoms with Crippen LogP contribution in [0, 0.1) is 11.7 Å². The molecule has 318 valence electrons. The second kappa shape index (κ2) is 20.0. The molecule has 0 aliphatic heterocycles. The number of nitrogens with two attached hydrogens (primary N) is 2. The number of anilines is 3. The highest BCUT2D eigenvalue weighted by molar-refractivity contribution is 7.90. The maximum atomic E-state index is 13.9. The number of fused-ring (bicyclic) bond motifs is 1. The van der Waals surface area contributed by atoms with Crippen LogP contribution in [-0.2, 0) is 40.1 Å². The van der Waals surface area contributed by atoms with E-state index >= 15 is 0 Å². The lowest BCUT2D eigenvalue weighted by Crippen LogP contribution is -2.51. The summed E-state index contributed by atoms with van der Waals surface area (Å²) in [6.45, 7) is 2.98. The van der Waals surface area contributed by atoms with E-state index in [1.807, 2.05) is 0 Å². The third kappa shape index (κ3) is 11.6. The van der Waals surface area contributed by atoms with E-state index in [9.17, 15) is 32.0 Å². The summed E-state index contributed by atoms with van der Waals surface area (Å²) < 4.78 is 55.5. The Morgan fingerprint density at radius 3 is 2.28 bits per heavy atom. The van der Waals surface area contributed by atoms with E-state index in [2.05, 4.69) is 20.7 Å². The Balaban J connectivity index is 1.35. The number of hydrogen-bond donors (Lipinski definition) is 4. The quantitative estimate of drug-likeness (QED) is 0.0541. The van der Waals surface area contributed by atoms with Gasteiger partial charge in [-0.05, 0) is 85.0 Å². The molecule has 3 aromatic carbocycles. The van der Waals surface area contributed by atoms with E-state index in [0.717, 1.165) is 16.7 Å². The van der Waals surface area contributed by atoms with E-state index in [4.69, 9.17) is 25.7 Å². The SMILES string of the molecule is COc1cc(S(C)(=O)=O)ccc1N(C(=O)OCOC(=O)C(NC(=O)C(N)CCCCN)C(C)C)c1nc2ccc(-c3ccc(NC(=O)Cc4ccc(F)cc4)cc3)cn2n1. The minimum atomic E-state index is -3.68. The van der Waals surface area contributed by atoms with Gasteiger partial charge in [0, 0.05) is 29.8 Å². The van der Waals surface area contributed by atoms with Crippen LogP contribution in [0.15, 0.2) is 90.0 Å². The van der Waals surface area contributed by atoms with Gasteiger partial charge in [-0.25, -0.2) is 31.8 Å². The Labute approximate surface area is 346 Å². The number of benzene rings is 3. The summed E-state index contributed by atoms with van der Waals surface area (Å²) in [4.78, 5) is 57.6. The number of aromatic nitrogens is 3. The van der Waals surface area contributed by atoms with Crippen molar-refractivity contribution in [2.75, 3.05) is 36.9 Å². The first kappa shape index (κ1) is 44.7. The standard InChI is InChI=1S/C41H47FN8O9S/c1-25(2)37(47-38(52)32(44)7-5-6-20-43)39(53)58-24-59-41(54)50(33-18-17-31(60(4,55)56)22-34(33)57-3)40-46-35-19-12-28(23-49(35)48-40)27-10-15-30(16-11-27)45-36(51)21-26-8-13-29(42)14-9-26/h8-19,22-23,25,32,37H,5-7,20-21,24,43-44H2,1-4H3,(H,45,51)(H,47,52). The molecule has 2 unspecified atom stereocenters. The fraction of sp³-hybridized carbons (Fsp3) is 0.317. The number of rotatable bonds is 18. The molecule has 19 heteroatoms. The van der Waals surface area contributed by atoms with E-state index in [1.165, 1.54) is 42.0 Å². The number of sulfone groups is 1. The van der Waals surface area contributed by atoms with Crippen molar-refractivity contribution in [3.05, 3.63) is 96.4 Å². The molecule has 2 aromatic heterocycles. The number of nitrogens with one attached hydrogen (secondary N) is 2. The Bertz CT molecular complexity index is 2430. The highest BCUT2D eigenvalue weighted by Crippen LogP contribution is 2.35. The lowest BCUT2D eigenvalue weighted by Gasteiger charge is -2.23. The van der Waals surface area contributed by atoms with Crippen LogP contribution in [0.4, 0.5) is 26.5 Å². The Hall–Kier alpha value is -6.44. The lowest BCUT2D eigenvalue weighted by molar-refractivity contribution is -0.157. The molecule has 17 nitrogen and oxygen atoms in total. The van der Waals surface area contributed by atoms with E-state index in [1.54, 1.807) is 68.6 Å². The molecule has 5 aromatic rings. The molecule has 0 aliphatic carbocycles. The van der Waals surface area contributed by atoms with Gasteiger partial charge in [-0.15, -0.1) is 5.10 Å². The summed E-state index contributed by atoms with van der Waals surface area (Å²) in [5, 5.41) is 9.94. The van der Waals surface area contributed by atoms with Crippen molar-refractivity contribution >= 4 is 56.7 Å². The van der Waals surface area contributed by atoms with Crippen molar-refractivity contribution in [1.82, 2.24) is 19.9 Å². The number of nitrogens with zero attached hydrogens (tertiary/aromatic N) is 4. The maximum absolute atomic E-state index is 13.9. The summed E-state index contributed by atoms with van der Waals surface area (Å²) in [7, 11) is -2.40. The topological polar surface area (TPSA) is 240 Å². The van der Waals surface area contributed by atoms with Gasteiger partial charge in [0.05, 0.1) is 30.2 Å². The van der Waals surface area contributed by atoms with Gasteiger partial charge in [0.25, 0.3) is 5.95 Å². The van der Waals surface area contributed by atoms with Crippen LogP contribution in [-0.4, -0.2) is 85.7 Å². The first-order chi connectivity index (χ1) is 28.6. The van der Waals surface area contributed by atoms with Crippen LogP contribution in [0.5, 0.6) is 5.75 Å². The van der Waals surface area contributed by atoms with Crippen LogP contribution in [0.3, 0.4) is 0 Å². The van der Waals surface area contributed by atoms with Gasteiger partial charge in [0.15, 0.2) is 15.5 Å². The van der Waals surface area contributed by atoms with Gasteiger partial charge < -0.3 is 36.3 Å². The van der Waals surface area contributed by atoms with E-state index < -0.39 is 52.6 Å². The number of esters is 1.